The van der Waals surface area contributed by atoms with Crippen molar-refractivity contribution in [3.63, 3.8) is 0 Å². The Morgan fingerprint density at radius 1 is 1.12 bits per heavy atom. The van der Waals surface area contributed by atoms with E-state index < -0.39 is 10.1 Å². The Bertz CT molecular complexity index is 904. The summed E-state index contributed by atoms with van der Waals surface area (Å²) in [5.41, 5.74) is 3.29. The van der Waals surface area contributed by atoms with Gasteiger partial charge in [0, 0.05) is 5.92 Å². The molecule has 0 amide bonds. The van der Waals surface area contributed by atoms with E-state index in [9.17, 15) is 8.42 Å². The lowest BCUT2D eigenvalue weighted by atomic mass is 9.85. The third-order valence-electron chi connectivity index (χ3n) is 5.00. The summed E-state index contributed by atoms with van der Waals surface area (Å²) in [5, 5.41) is 0. The van der Waals surface area contributed by atoms with Crippen molar-refractivity contribution in [3.05, 3.63) is 77.4 Å². The van der Waals surface area contributed by atoms with Crippen molar-refractivity contribution in [1.82, 2.24) is 0 Å². The van der Waals surface area contributed by atoms with Gasteiger partial charge in [0.1, 0.15) is 6.10 Å². The van der Waals surface area contributed by atoms with Gasteiger partial charge in [-0.3, -0.25) is 4.18 Å². The van der Waals surface area contributed by atoms with Gasteiger partial charge in [0.05, 0.1) is 17.6 Å². The fourth-order valence-corrected chi connectivity index (χ4v) is 4.48. The zero-order valence-electron chi connectivity index (χ0n) is 14.7. The average Bonchev–Trinajstić information content (AvgIpc) is 2.65. The molecule has 2 aliphatic carbocycles. The Morgan fingerprint density at radius 2 is 1.92 bits per heavy atom. The molecule has 0 bridgehead atoms. The molecular weight excluding hydrogens is 348 g/mol. The first-order chi connectivity index (χ1) is 12.5. The van der Waals surface area contributed by atoms with Crippen LogP contribution in [0.4, 0.5) is 0 Å². The van der Waals surface area contributed by atoms with Crippen molar-refractivity contribution >= 4 is 10.1 Å². The van der Waals surface area contributed by atoms with Crippen molar-refractivity contribution in [2.45, 2.75) is 36.9 Å². The summed E-state index contributed by atoms with van der Waals surface area (Å²) < 4.78 is 36.2. The van der Waals surface area contributed by atoms with Crippen LogP contribution in [0.25, 0.3) is 0 Å². The van der Waals surface area contributed by atoms with Crippen molar-refractivity contribution in [3.8, 4) is 0 Å². The highest BCUT2D eigenvalue weighted by molar-refractivity contribution is 7.86. The van der Waals surface area contributed by atoms with Crippen LogP contribution in [0.15, 0.2) is 76.8 Å². The summed E-state index contributed by atoms with van der Waals surface area (Å²) in [5.74, 6) is 0.0709. The van der Waals surface area contributed by atoms with Crippen LogP contribution in [0, 0.1) is 12.8 Å². The molecule has 0 spiro atoms. The Hall–Kier alpha value is -1.95. The minimum Gasteiger partial charge on any atom is -0.362 e. The quantitative estimate of drug-likeness (QED) is 0.756. The smallest absolute Gasteiger partial charge is 0.296 e. The molecule has 0 saturated heterocycles. The Labute approximate surface area is 154 Å². The lowest BCUT2D eigenvalue weighted by Crippen LogP contribution is -2.32. The van der Waals surface area contributed by atoms with Gasteiger partial charge in [0.2, 0.25) is 0 Å². The third kappa shape index (κ3) is 3.61. The third-order valence-corrected chi connectivity index (χ3v) is 6.30. The Morgan fingerprint density at radius 3 is 2.73 bits per heavy atom. The van der Waals surface area contributed by atoms with Gasteiger partial charge < -0.3 is 4.74 Å². The van der Waals surface area contributed by atoms with Crippen LogP contribution in [0.2, 0.25) is 0 Å². The summed E-state index contributed by atoms with van der Waals surface area (Å²) in [4.78, 5) is 0.203. The number of benzene rings is 1. The highest BCUT2D eigenvalue weighted by Crippen LogP contribution is 2.35. The molecule has 1 aliphatic heterocycles. The van der Waals surface area contributed by atoms with Crippen LogP contribution in [-0.4, -0.2) is 27.2 Å². The molecule has 3 atom stereocenters. The predicted octanol–water partition coefficient (Wildman–Crippen LogP) is 3.86. The van der Waals surface area contributed by atoms with Crippen LogP contribution in [0.1, 0.15) is 18.4 Å². The molecule has 26 heavy (non-hydrogen) atoms. The van der Waals surface area contributed by atoms with E-state index in [-0.39, 0.29) is 29.6 Å². The standard InChI is InChI=1S/C21H22O4S/c1-15-6-9-19(10-7-15)26(22,23)24-14-16-8-11-21-18(12-16)13-17-4-2-3-5-20(17)25-21/h2-7,9-10,12-13,16,20-21H,8,11,14H2,1H3/t16-,20?,21?/m1/s1. The van der Waals surface area contributed by atoms with Crippen molar-refractivity contribution < 1.29 is 17.3 Å². The molecule has 4 rings (SSSR count). The lowest BCUT2D eigenvalue weighted by molar-refractivity contribution is 0.0358. The van der Waals surface area contributed by atoms with Crippen LogP contribution >= 0.6 is 0 Å². The SMILES string of the molecule is Cc1ccc(S(=O)(=O)OC[C@H]2C=C3C=C4C=CC=CC4OC3CC2)cc1. The molecule has 5 heteroatoms. The van der Waals surface area contributed by atoms with Gasteiger partial charge >= 0.3 is 0 Å². The van der Waals surface area contributed by atoms with E-state index in [1.54, 1.807) is 24.3 Å². The van der Waals surface area contributed by atoms with Crippen molar-refractivity contribution in [2.75, 3.05) is 6.61 Å². The molecule has 1 aromatic rings. The summed E-state index contributed by atoms with van der Waals surface area (Å²) >= 11 is 0. The fourth-order valence-electron chi connectivity index (χ4n) is 3.53. The van der Waals surface area contributed by atoms with Crippen LogP contribution in [0.3, 0.4) is 0 Å². The molecular formula is C21H22O4S. The second-order valence-corrected chi connectivity index (χ2v) is 8.60. The van der Waals surface area contributed by atoms with Gasteiger partial charge in [-0.1, -0.05) is 54.2 Å². The first-order valence-corrected chi connectivity index (χ1v) is 10.3. The number of fused-ring (bicyclic) bond motifs is 2. The monoisotopic (exact) mass is 370 g/mol. The molecule has 1 aromatic carbocycles. The van der Waals surface area contributed by atoms with Gasteiger partial charge in [0.25, 0.3) is 10.1 Å². The second kappa shape index (κ2) is 6.99. The van der Waals surface area contributed by atoms with E-state index in [1.807, 2.05) is 19.1 Å². The second-order valence-electron chi connectivity index (χ2n) is 6.99. The first-order valence-electron chi connectivity index (χ1n) is 8.91. The summed E-state index contributed by atoms with van der Waals surface area (Å²) in [6, 6.07) is 6.72. The number of hydrogen-bond donors (Lipinski definition) is 0. The van der Waals surface area contributed by atoms with Gasteiger partial charge in [-0.15, -0.1) is 0 Å². The zero-order chi connectivity index (χ0) is 18.1. The Balaban J connectivity index is 1.46. The maximum atomic E-state index is 12.4. The van der Waals surface area contributed by atoms with Crippen molar-refractivity contribution in [2.24, 2.45) is 5.92 Å². The van der Waals surface area contributed by atoms with Gasteiger partial charge in [-0.25, -0.2) is 0 Å². The minimum absolute atomic E-state index is 0.0388. The minimum atomic E-state index is -3.72. The van der Waals surface area contributed by atoms with Gasteiger partial charge in [-0.2, -0.15) is 8.42 Å². The molecule has 4 nitrogen and oxygen atoms in total. The van der Waals surface area contributed by atoms with Crippen LogP contribution in [-0.2, 0) is 19.0 Å². The van der Waals surface area contributed by atoms with E-state index in [0.717, 1.165) is 29.6 Å². The zero-order valence-corrected chi connectivity index (χ0v) is 15.5. The van der Waals surface area contributed by atoms with Gasteiger partial charge in [0.15, 0.2) is 0 Å². The van der Waals surface area contributed by atoms with Crippen LogP contribution in [0.5, 0.6) is 0 Å². The van der Waals surface area contributed by atoms with E-state index in [4.69, 9.17) is 8.92 Å². The molecule has 0 aromatic heterocycles. The molecule has 0 saturated carbocycles. The predicted molar refractivity (Wildman–Crippen MR) is 100 cm³/mol. The molecule has 3 aliphatic rings. The average molecular weight is 370 g/mol. The first kappa shape index (κ1) is 17.5. The van der Waals surface area contributed by atoms with E-state index >= 15 is 0 Å². The number of aryl methyl sites for hydroxylation is 1. The maximum absolute atomic E-state index is 12.4. The van der Waals surface area contributed by atoms with E-state index in [1.165, 1.54) is 0 Å². The Kier molecular flexibility index (Phi) is 4.69. The molecule has 1 heterocycles. The largest absolute Gasteiger partial charge is 0.362 e. The highest BCUT2D eigenvalue weighted by atomic mass is 32.2. The fraction of sp³-hybridized carbons (Fsp3) is 0.333. The normalized spacial score (nSPS) is 27.3. The summed E-state index contributed by atoms with van der Waals surface area (Å²) in [7, 11) is -3.72. The molecule has 136 valence electrons. The number of rotatable bonds is 4. The summed E-state index contributed by atoms with van der Waals surface area (Å²) in [6.45, 7) is 2.08. The van der Waals surface area contributed by atoms with Crippen LogP contribution < -0.4 is 0 Å². The van der Waals surface area contributed by atoms with E-state index in [0.29, 0.717) is 0 Å². The van der Waals surface area contributed by atoms with E-state index in [2.05, 4.69) is 24.3 Å². The highest BCUT2D eigenvalue weighted by Gasteiger charge is 2.30. The molecule has 0 N–H and O–H groups in total. The maximum Gasteiger partial charge on any atom is 0.296 e. The topological polar surface area (TPSA) is 52.6 Å². The molecule has 0 radical (unpaired) electrons. The van der Waals surface area contributed by atoms with Crippen molar-refractivity contribution in [1.29, 1.82) is 0 Å². The molecule has 2 unspecified atom stereocenters. The number of hydrogen-bond acceptors (Lipinski definition) is 4. The summed E-state index contributed by atoms with van der Waals surface area (Å²) in [6.07, 6.45) is 14.3. The number of ether oxygens (including phenoxy) is 1. The lowest BCUT2D eigenvalue weighted by Gasteiger charge is -2.35. The molecule has 0 fully saturated rings. The van der Waals surface area contributed by atoms with Gasteiger partial charge in [-0.05, 0) is 43.0 Å². The number of allylic oxidation sites excluding steroid dienone is 2.